The third-order valence-corrected chi connectivity index (χ3v) is 2.10. The quantitative estimate of drug-likeness (QED) is 0.737. The maximum absolute atomic E-state index is 4.06. The highest BCUT2D eigenvalue weighted by atomic mass is 15.1. The van der Waals surface area contributed by atoms with Gasteiger partial charge in [-0.3, -0.25) is 5.10 Å². The molecule has 0 unspecified atom stereocenters. The first-order valence-corrected chi connectivity index (χ1v) is 4.32. The molecular weight excluding hydrogens is 160 g/mol. The van der Waals surface area contributed by atoms with Gasteiger partial charge in [0.2, 0.25) is 0 Å². The second-order valence-corrected chi connectivity index (χ2v) is 4.13. The van der Waals surface area contributed by atoms with Gasteiger partial charge in [-0.05, 0) is 11.0 Å². The van der Waals surface area contributed by atoms with Gasteiger partial charge in [0.05, 0.1) is 11.9 Å². The van der Waals surface area contributed by atoms with Gasteiger partial charge in [-0.2, -0.15) is 5.10 Å². The van der Waals surface area contributed by atoms with Gasteiger partial charge in [-0.1, -0.05) is 40.0 Å². The second-order valence-electron chi connectivity index (χ2n) is 4.13. The summed E-state index contributed by atoms with van der Waals surface area (Å²) in [5, 5.41) is 6.91. The number of hydrogen-bond acceptors (Lipinski definition) is 1. The number of nitrogens with zero attached hydrogens (tertiary/aromatic N) is 1. The van der Waals surface area contributed by atoms with Crippen molar-refractivity contribution in [3.05, 3.63) is 30.6 Å². The number of allylic oxidation sites excluding steroid dienone is 1. The van der Waals surface area contributed by atoms with E-state index in [2.05, 4.69) is 44.1 Å². The van der Waals surface area contributed by atoms with Crippen LogP contribution in [0, 0.1) is 5.41 Å². The van der Waals surface area contributed by atoms with E-state index < -0.39 is 0 Å². The maximum Gasteiger partial charge on any atom is 0.0681 e. The highest BCUT2D eigenvalue weighted by molar-refractivity contribution is 5.72. The Hall–Kier alpha value is -1.31. The Kier molecular flexibility index (Phi) is 2.41. The molecule has 0 saturated heterocycles. The van der Waals surface area contributed by atoms with Crippen LogP contribution in [0.3, 0.4) is 0 Å². The van der Waals surface area contributed by atoms with E-state index in [1.165, 1.54) is 0 Å². The van der Waals surface area contributed by atoms with Gasteiger partial charge in [0.15, 0.2) is 0 Å². The van der Waals surface area contributed by atoms with Crippen molar-refractivity contribution < 1.29 is 0 Å². The highest BCUT2D eigenvalue weighted by Gasteiger charge is 2.19. The standard InChI is InChI=1S/C11H16N2/c1-6-9-7-12-13-10(9)8(2)11(3,4)5/h6-7H,1-2H2,3-5H3,(H,12,13). The Morgan fingerprint density at radius 1 is 1.54 bits per heavy atom. The monoisotopic (exact) mass is 176 g/mol. The molecule has 1 aromatic heterocycles. The fourth-order valence-corrected chi connectivity index (χ4v) is 1.07. The molecule has 1 aromatic rings. The number of hydrogen-bond donors (Lipinski definition) is 1. The lowest BCUT2D eigenvalue weighted by Crippen LogP contribution is -2.08. The second kappa shape index (κ2) is 3.21. The Morgan fingerprint density at radius 2 is 2.15 bits per heavy atom. The molecule has 13 heavy (non-hydrogen) atoms. The van der Waals surface area contributed by atoms with Crippen LogP contribution in [0.5, 0.6) is 0 Å². The van der Waals surface area contributed by atoms with Crippen LogP contribution in [0.4, 0.5) is 0 Å². The summed E-state index contributed by atoms with van der Waals surface area (Å²) in [6.07, 6.45) is 3.55. The SMILES string of the molecule is C=Cc1cn[nH]c1C(=C)C(C)(C)C. The van der Waals surface area contributed by atoms with E-state index in [9.17, 15) is 0 Å². The van der Waals surface area contributed by atoms with Crippen LogP contribution in [-0.2, 0) is 0 Å². The number of aromatic amines is 1. The summed E-state index contributed by atoms with van der Waals surface area (Å²) in [7, 11) is 0. The van der Waals surface area contributed by atoms with Gasteiger partial charge >= 0.3 is 0 Å². The molecule has 2 nitrogen and oxygen atoms in total. The van der Waals surface area contributed by atoms with Crippen LogP contribution < -0.4 is 0 Å². The molecule has 0 radical (unpaired) electrons. The minimum Gasteiger partial charge on any atom is -0.278 e. The average molecular weight is 176 g/mol. The van der Waals surface area contributed by atoms with E-state index in [0.29, 0.717) is 0 Å². The summed E-state index contributed by atoms with van der Waals surface area (Å²) >= 11 is 0. The van der Waals surface area contributed by atoms with E-state index in [-0.39, 0.29) is 5.41 Å². The van der Waals surface area contributed by atoms with Gasteiger partial charge in [0.1, 0.15) is 0 Å². The van der Waals surface area contributed by atoms with E-state index in [1.54, 1.807) is 12.3 Å². The number of aromatic nitrogens is 2. The molecule has 0 aliphatic heterocycles. The molecule has 0 atom stereocenters. The van der Waals surface area contributed by atoms with E-state index >= 15 is 0 Å². The number of nitrogens with one attached hydrogen (secondary N) is 1. The lowest BCUT2D eigenvalue weighted by Gasteiger charge is -2.21. The average Bonchev–Trinajstić information content (AvgIpc) is 2.48. The van der Waals surface area contributed by atoms with Crippen LogP contribution >= 0.6 is 0 Å². The maximum atomic E-state index is 4.06. The van der Waals surface area contributed by atoms with Crippen molar-refractivity contribution in [1.82, 2.24) is 10.2 Å². The van der Waals surface area contributed by atoms with Crippen molar-refractivity contribution in [3.63, 3.8) is 0 Å². The molecule has 2 heteroatoms. The molecule has 0 aliphatic carbocycles. The zero-order valence-corrected chi connectivity index (χ0v) is 8.52. The Labute approximate surface area is 79.4 Å². The molecular formula is C11H16N2. The first-order chi connectivity index (χ1) is 5.96. The fourth-order valence-electron chi connectivity index (χ4n) is 1.07. The van der Waals surface area contributed by atoms with Crippen LogP contribution in [-0.4, -0.2) is 10.2 Å². The molecule has 70 valence electrons. The predicted molar refractivity (Wildman–Crippen MR) is 57.2 cm³/mol. The highest BCUT2D eigenvalue weighted by Crippen LogP contribution is 2.32. The molecule has 0 spiro atoms. The molecule has 1 rings (SSSR count). The summed E-state index contributed by atoms with van der Waals surface area (Å²) < 4.78 is 0. The van der Waals surface area contributed by atoms with Gasteiger partial charge in [-0.25, -0.2) is 0 Å². The van der Waals surface area contributed by atoms with Gasteiger partial charge in [-0.15, -0.1) is 0 Å². The summed E-state index contributed by atoms with van der Waals surface area (Å²) in [5.74, 6) is 0. The predicted octanol–water partition coefficient (Wildman–Crippen LogP) is 3.11. The minimum absolute atomic E-state index is 0.0598. The van der Waals surface area contributed by atoms with Gasteiger partial charge in [0, 0.05) is 5.56 Å². The smallest absolute Gasteiger partial charge is 0.0681 e. The van der Waals surface area contributed by atoms with Crippen LogP contribution in [0.25, 0.3) is 11.6 Å². The Balaban J connectivity index is 3.09. The van der Waals surface area contributed by atoms with Crippen molar-refractivity contribution in [1.29, 1.82) is 0 Å². The third kappa shape index (κ3) is 1.89. The van der Waals surface area contributed by atoms with E-state index in [1.807, 2.05) is 0 Å². The molecule has 0 aromatic carbocycles. The number of rotatable bonds is 2. The zero-order chi connectivity index (χ0) is 10.1. The Morgan fingerprint density at radius 3 is 2.62 bits per heavy atom. The lowest BCUT2D eigenvalue weighted by molar-refractivity contribution is 0.565. The lowest BCUT2D eigenvalue weighted by atomic mass is 9.84. The first kappa shape index (κ1) is 9.78. The van der Waals surface area contributed by atoms with E-state index in [4.69, 9.17) is 0 Å². The molecule has 1 heterocycles. The van der Waals surface area contributed by atoms with Crippen LogP contribution in [0.1, 0.15) is 32.0 Å². The Bertz CT molecular complexity index is 326. The van der Waals surface area contributed by atoms with Crippen molar-refractivity contribution in [2.24, 2.45) is 5.41 Å². The van der Waals surface area contributed by atoms with Crippen molar-refractivity contribution in [2.75, 3.05) is 0 Å². The molecule has 0 fully saturated rings. The minimum atomic E-state index is 0.0598. The largest absolute Gasteiger partial charge is 0.278 e. The van der Waals surface area contributed by atoms with Gasteiger partial charge in [0.25, 0.3) is 0 Å². The summed E-state index contributed by atoms with van der Waals surface area (Å²) in [4.78, 5) is 0. The van der Waals surface area contributed by atoms with Crippen molar-refractivity contribution >= 4 is 11.6 Å². The molecule has 0 bridgehead atoms. The summed E-state index contributed by atoms with van der Waals surface area (Å²) in [6.45, 7) is 14.2. The first-order valence-electron chi connectivity index (χ1n) is 4.32. The molecule has 1 N–H and O–H groups in total. The number of H-pyrrole nitrogens is 1. The van der Waals surface area contributed by atoms with Crippen LogP contribution in [0.15, 0.2) is 19.4 Å². The molecule has 0 aliphatic rings. The third-order valence-electron chi connectivity index (χ3n) is 2.10. The normalized spacial score (nSPS) is 11.3. The van der Waals surface area contributed by atoms with Crippen LogP contribution in [0.2, 0.25) is 0 Å². The molecule has 0 amide bonds. The zero-order valence-electron chi connectivity index (χ0n) is 8.52. The van der Waals surface area contributed by atoms with Crippen molar-refractivity contribution in [3.8, 4) is 0 Å². The summed E-state index contributed by atoms with van der Waals surface area (Å²) in [5.41, 5.74) is 3.12. The van der Waals surface area contributed by atoms with Crippen molar-refractivity contribution in [2.45, 2.75) is 20.8 Å². The van der Waals surface area contributed by atoms with E-state index in [0.717, 1.165) is 16.8 Å². The van der Waals surface area contributed by atoms with Gasteiger partial charge < -0.3 is 0 Å². The molecule has 0 saturated carbocycles. The summed E-state index contributed by atoms with van der Waals surface area (Å²) in [6, 6.07) is 0. The fraction of sp³-hybridized carbons (Fsp3) is 0.364. The topological polar surface area (TPSA) is 28.7 Å².